The van der Waals surface area contributed by atoms with E-state index in [4.69, 9.17) is 10.4 Å². The van der Waals surface area contributed by atoms with E-state index in [0.717, 1.165) is 6.26 Å². The summed E-state index contributed by atoms with van der Waals surface area (Å²) in [5.41, 5.74) is 0. The first-order valence-electron chi connectivity index (χ1n) is 2.85. The monoisotopic (exact) mass is 179 g/mol. The van der Waals surface area contributed by atoms with Gasteiger partial charge in [0.25, 0.3) is 10.1 Å². The zero-order valence-corrected chi connectivity index (χ0v) is 6.84. The SMILES string of the molecule is CS(=O)(=O)OC[C@H](O)CC#N. The average molecular weight is 179 g/mol. The largest absolute Gasteiger partial charge is 0.390 e. The van der Waals surface area contributed by atoms with Gasteiger partial charge in [-0.05, 0) is 0 Å². The van der Waals surface area contributed by atoms with Gasteiger partial charge in [0.2, 0.25) is 0 Å². The van der Waals surface area contributed by atoms with E-state index in [1.54, 1.807) is 6.07 Å². The van der Waals surface area contributed by atoms with Gasteiger partial charge in [0.15, 0.2) is 0 Å². The number of hydrogen-bond donors (Lipinski definition) is 1. The first kappa shape index (κ1) is 10.4. The van der Waals surface area contributed by atoms with Crippen LogP contribution in [-0.4, -0.2) is 32.5 Å². The van der Waals surface area contributed by atoms with Gasteiger partial charge in [-0.1, -0.05) is 0 Å². The molecule has 0 heterocycles. The molecule has 0 aliphatic rings. The Bertz CT molecular complexity index is 240. The standard InChI is InChI=1S/C5H9NO4S/c1-11(8,9)10-4-5(7)2-3-6/h5,7H,2,4H2,1H3/t5-/m1/s1. The first-order valence-corrected chi connectivity index (χ1v) is 4.67. The molecule has 1 N–H and O–H groups in total. The van der Waals surface area contributed by atoms with E-state index in [1.165, 1.54) is 0 Å². The Hall–Kier alpha value is -0.640. The zero-order valence-electron chi connectivity index (χ0n) is 6.02. The molecule has 0 rings (SSSR count). The third-order valence-electron chi connectivity index (χ3n) is 0.801. The maximum Gasteiger partial charge on any atom is 0.264 e. The van der Waals surface area contributed by atoms with Crippen molar-refractivity contribution in [2.75, 3.05) is 12.9 Å². The highest BCUT2D eigenvalue weighted by Crippen LogP contribution is 1.94. The third-order valence-corrected chi connectivity index (χ3v) is 1.37. The Morgan fingerprint density at radius 3 is 2.64 bits per heavy atom. The molecular formula is C5H9NO4S. The quantitative estimate of drug-likeness (QED) is 0.573. The minimum Gasteiger partial charge on any atom is -0.390 e. The molecule has 0 aromatic heterocycles. The summed E-state index contributed by atoms with van der Waals surface area (Å²) in [5.74, 6) is 0. The highest BCUT2D eigenvalue weighted by molar-refractivity contribution is 7.85. The van der Waals surface area contributed by atoms with Gasteiger partial charge in [-0.3, -0.25) is 4.18 Å². The number of aliphatic hydroxyl groups excluding tert-OH is 1. The lowest BCUT2D eigenvalue weighted by Gasteiger charge is -2.04. The summed E-state index contributed by atoms with van der Waals surface area (Å²) in [5, 5.41) is 16.9. The highest BCUT2D eigenvalue weighted by atomic mass is 32.2. The Balaban J connectivity index is 3.65. The van der Waals surface area contributed by atoms with E-state index in [2.05, 4.69) is 4.18 Å². The molecule has 0 fully saturated rings. The van der Waals surface area contributed by atoms with Gasteiger partial charge in [-0.25, -0.2) is 0 Å². The number of nitriles is 1. The Kier molecular flexibility index (Phi) is 4.03. The highest BCUT2D eigenvalue weighted by Gasteiger charge is 2.07. The fourth-order valence-electron chi connectivity index (χ4n) is 0.366. The Morgan fingerprint density at radius 2 is 2.27 bits per heavy atom. The molecule has 0 aromatic carbocycles. The Labute approximate surface area is 65.3 Å². The lowest BCUT2D eigenvalue weighted by molar-refractivity contribution is 0.115. The van der Waals surface area contributed by atoms with Crippen LogP contribution in [0.3, 0.4) is 0 Å². The third kappa shape index (κ3) is 7.25. The summed E-state index contributed by atoms with van der Waals surface area (Å²) >= 11 is 0. The van der Waals surface area contributed by atoms with Crippen molar-refractivity contribution in [2.24, 2.45) is 0 Å². The van der Waals surface area contributed by atoms with Crippen LogP contribution in [0.4, 0.5) is 0 Å². The van der Waals surface area contributed by atoms with Crippen molar-refractivity contribution in [3.05, 3.63) is 0 Å². The summed E-state index contributed by atoms with van der Waals surface area (Å²) in [4.78, 5) is 0. The van der Waals surface area contributed by atoms with Gasteiger partial charge in [0.05, 0.1) is 31.5 Å². The van der Waals surface area contributed by atoms with Crippen LogP contribution in [0.1, 0.15) is 6.42 Å². The number of rotatable bonds is 4. The summed E-state index contributed by atoms with van der Waals surface area (Å²) < 4.78 is 24.9. The van der Waals surface area contributed by atoms with Crippen molar-refractivity contribution in [1.29, 1.82) is 5.26 Å². The summed E-state index contributed by atoms with van der Waals surface area (Å²) in [6, 6.07) is 1.68. The van der Waals surface area contributed by atoms with E-state index in [1.807, 2.05) is 0 Å². The molecule has 0 aliphatic heterocycles. The second kappa shape index (κ2) is 4.28. The van der Waals surface area contributed by atoms with Crippen LogP contribution in [0.2, 0.25) is 0 Å². The van der Waals surface area contributed by atoms with E-state index in [-0.39, 0.29) is 13.0 Å². The molecule has 0 radical (unpaired) electrons. The number of hydrogen-bond acceptors (Lipinski definition) is 5. The van der Waals surface area contributed by atoms with Crippen LogP contribution in [-0.2, 0) is 14.3 Å². The van der Waals surface area contributed by atoms with Crippen molar-refractivity contribution in [3.63, 3.8) is 0 Å². The maximum absolute atomic E-state index is 10.3. The molecule has 0 bridgehead atoms. The van der Waals surface area contributed by atoms with Crippen LogP contribution in [0.25, 0.3) is 0 Å². The van der Waals surface area contributed by atoms with Gasteiger partial charge in [-0.15, -0.1) is 0 Å². The molecular weight excluding hydrogens is 170 g/mol. The predicted molar refractivity (Wildman–Crippen MR) is 37.0 cm³/mol. The van der Waals surface area contributed by atoms with Gasteiger partial charge < -0.3 is 5.11 Å². The second-order valence-electron chi connectivity index (χ2n) is 2.00. The van der Waals surface area contributed by atoms with Gasteiger partial charge in [-0.2, -0.15) is 13.7 Å². The molecule has 0 unspecified atom stereocenters. The van der Waals surface area contributed by atoms with Crippen molar-refractivity contribution >= 4 is 10.1 Å². The molecule has 0 aliphatic carbocycles. The number of aliphatic hydroxyl groups is 1. The second-order valence-corrected chi connectivity index (χ2v) is 3.65. The topological polar surface area (TPSA) is 87.4 Å². The molecule has 0 amide bonds. The van der Waals surface area contributed by atoms with Crippen LogP contribution < -0.4 is 0 Å². The van der Waals surface area contributed by atoms with Crippen LogP contribution in [0.15, 0.2) is 0 Å². The normalized spacial score (nSPS) is 13.9. The van der Waals surface area contributed by atoms with E-state index < -0.39 is 16.2 Å². The fourth-order valence-corrected chi connectivity index (χ4v) is 0.771. The molecule has 5 nitrogen and oxygen atoms in total. The molecule has 0 aromatic rings. The van der Waals surface area contributed by atoms with Gasteiger partial charge >= 0.3 is 0 Å². The summed E-state index contributed by atoms with van der Waals surface area (Å²) in [7, 11) is -3.51. The molecule has 1 atom stereocenters. The van der Waals surface area contributed by atoms with E-state index in [9.17, 15) is 8.42 Å². The summed E-state index contributed by atoms with van der Waals surface area (Å²) in [6.45, 7) is -0.355. The molecule has 11 heavy (non-hydrogen) atoms. The minimum absolute atomic E-state index is 0.129. The van der Waals surface area contributed by atoms with Gasteiger partial charge in [0, 0.05) is 0 Å². The van der Waals surface area contributed by atoms with Gasteiger partial charge in [0.1, 0.15) is 0 Å². The Morgan fingerprint density at radius 1 is 1.73 bits per heavy atom. The van der Waals surface area contributed by atoms with E-state index in [0.29, 0.717) is 0 Å². The zero-order chi connectivity index (χ0) is 8.91. The van der Waals surface area contributed by atoms with Crippen molar-refractivity contribution in [2.45, 2.75) is 12.5 Å². The lowest BCUT2D eigenvalue weighted by Crippen LogP contribution is -2.17. The molecule has 0 spiro atoms. The average Bonchev–Trinajstić information content (AvgIpc) is 1.83. The molecule has 64 valence electrons. The van der Waals surface area contributed by atoms with Crippen molar-refractivity contribution in [3.8, 4) is 6.07 Å². The van der Waals surface area contributed by atoms with Crippen LogP contribution in [0, 0.1) is 11.3 Å². The molecule has 0 saturated carbocycles. The van der Waals surface area contributed by atoms with E-state index >= 15 is 0 Å². The smallest absolute Gasteiger partial charge is 0.264 e. The fraction of sp³-hybridized carbons (Fsp3) is 0.800. The van der Waals surface area contributed by atoms with Crippen LogP contribution in [0.5, 0.6) is 0 Å². The molecule has 6 heteroatoms. The first-order chi connectivity index (χ1) is 4.95. The van der Waals surface area contributed by atoms with Crippen molar-refractivity contribution < 1.29 is 17.7 Å². The van der Waals surface area contributed by atoms with Crippen molar-refractivity contribution in [1.82, 2.24) is 0 Å². The van der Waals surface area contributed by atoms with Crippen LogP contribution >= 0.6 is 0 Å². The maximum atomic E-state index is 10.3. The molecule has 0 saturated heterocycles. The number of nitrogens with zero attached hydrogens (tertiary/aromatic N) is 1. The summed E-state index contributed by atoms with van der Waals surface area (Å²) in [6.07, 6.45) is -0.281. The predicted octanol–water partition coefficient (Wildman–Crippen LogP) is -0.763. The minimum atomic E-state index is -3.51. The lowest BCUT2D eigenvalue weighted by atomic mass is 10.3.